The number of nitrogens with zero attached hydrogens (tertiary/aromatic N) is 3. The molecule has 0 atom stereocenters. The van der Waals surface area contributed by atoms with Crippen LogP contribution in [0, 0.1) is 6.92 Å². The standard InChI is InChI=1S/C19H22N4O3S/c1-3-23-17(12-26-15-7-4-6-14(2)10-15)21-22-19(23)27-13-18(24)20-11-16-8-5-9-25-16/h4-10H,3,11-13H2,1-2H3,(H,20,24). The molecule has 2 heterocycles. The molecule has 0 aliphatic heterocycles. The lowest BCUT2D eigenvalue weighted by atomic mass is 10.2. The zero-order chi connectivity index (χ0) is 19.1. The van der Waals surface area contributed by atoms with Crippen LogP contribution < -0.4 is 10.1 Å². The van der Waals surface area contributed by atoms with E-state index in [9.17, 15) is 4.79 Å². The molecule has 8 heteroatoms. The number of benzene rings is 1. The first-order valence-electron chi connectivity index (χ1n) is 8.69. The minimum atomic E-state index is -0.0837. The molecule has 1 N–H and O–H groups in total. The fourth-order valence-corrected chi connectivity index (χ4v) is 3.33. The summed E-state index contributed by atoms with van der Waals surface area (Å²) < 4.78 is 13.0. The van der Waals surface area contributed by atoms with Crippen LogP contribution in [0.15, 0.2) is 52.2 Å². The summed E-state index contributed by atoms with van der Waals surface area (Å²) in [5.74, 6) is 2.43. The van der Waals surface area contributed by atoms with Crippen molar-refractivity contribution < 1.29 is 13.9 Å². The van der Waals surface area contributed by atoms with Crippen LogP contribution in [0.4, 0.5) is 0 Å². The Balaban J connectivity index is 1.52. The summed E-state index contributed by atoms with van der Waals surface area (Å²) in [6, 6.07) is 11.5. The molecule has 3 aromatic rings. The van der Waals surface area contributed by atoms with Crippen molar-refractivity contribution in [2.45, 2.75) is 38.7 Å². The van der Waals surface area contributed by atoms with Gasteiger partial charge >= 0.3 is 0 Å². The molecule has 0 aliphatic rings. The summed E-state index contributed by atoms with van der Waals surface area (Å²) >= 11 is 1.35. The second-order valence-corrected chi connectivity index (χ2v) is 6.84. The van der Waals surface area contributed by atoms with Crippen LogP contribution in [-0.2, 0) is 24.5 Å². The second kappa shape index (κ2) is 9.27. The number of hydrogen-bond donors (Lipinski definition) is 1. The van der Waals surface area contributed by atoms with Gasteiger partial charge in [-0.3, -0.25) is 4.79 Å². The zero-order valence-electron chi connectivity index (χ0n) is 15.3. The Morgan fingerprint density at radius 3 is 2.93 bits per heavy atom. The van der Waals surface area contributed by atoms with E-state index in [2.05, 4.69) is 15.5 Å². The van der Waals surface area contributed by atoms with E-state index in [1.54, 1.807) is 12.3 Å². The van der Waals surface area contributed by atoms with E-state index in [0.717, 1.165) is 22.9 Å². The summed E-state index contributed by atoms with van der Waals surface area (Å²) in [5.41, 5.74) is 1.14. The highest BCUT2D eigenvalue weighted by Gasteiger charge is 2.14. The van der Waals surface area contributed by atoms with Gasteiger partial charge in [-0.15, -0.1) is 10.2 Å². The van der Waals surface area contributed by atoms with Gasteiger partial charge in [0.2, 0.25) is 5.91 Å². The van der Waals surface area contributed by atoms with Crippen molar-refractivity contribution in [2.75, 3.05) is 5.75 Å². The monoisotopic (exact) mass is 386 g/mol. The minimum Gasteiger partial charge on any atom is -0.486 e. The molecular formula is C19H22N4O3S. The average molecular weight is 386 g/mol. The minimum absolute atomic E-state index is 0.0837. The van der Waals surface area contributed by atoms with Gasteiger partial charge in [0.05, 0.1) is 18.6 Å². The molecule has 0 saturated heterocycles. The van der Waals surface area contributed by atoms with E-state index in [-0.39, 0.29) is 11.7 Å². The fourth-order valence-electron chi connectivity index (χ4n) is 2.48. The van der Waals surface area contributed by atoms with Crippen molar-refractivity contribution in [3.63, 3.8) is 0 Å². The lowest BCUT2D eigenvalue weighted by Crippen LogP contribution is -2.24. The predicted octanol–water partition coefficient (Wildman–Crippen LogP) is 3.19. The number of carbonyl (C=O) groups is 1. The average Bonchev–Trinajstić information content (AvgIpc) is 3.32. The van der Waals surface area contributed by atoms with Crippen molar-refractivity contribution in [1.82, 2.24) is 20.1 Å². The van der Waals surface area contributed by atoms with Gasteiger partial charge in [0.15, 0.2) is 11.0 Å². The summed E-state index contributed by atoms with van der Waals surface area (Å²) in [5, 5.41) is 11.9. The van der Waals surface area contributed by atoms with Crippen LogP contribution in [0.5, 0.6) is 5.75 Å². The number of amides is 1. The molecule has 0 aliphatic carbocycles. The molecule has 1 amide bonds. The zero-order valence-corrected chi connectivity index (χ0v) is 16.2. The highest BCUT2D eigenvalue weighted by molar-refractivity contribution is 7.99. The van der Waals surface area contributed by atoms with E-state index in [0.29, 0.717) is 24.9 Å². The van der Waals surface area contributed by atoms with Gasteiger partial charge in [0.1, 0.15) is 18.1 Å². The topological polar surface area (TPSA) is 82.2 Å². The Hall–Kier alpha value is -2.74. The molecule has 1 aromatic carbocycles. The number of aryl methyl sites for hydroxylation is 1. The number of thioether (sulfide) groups is 1. The molecule has 0 fully saturated rings. The number of furan rings is 1. The maximum Gasteiger partial charge on any atom is 0.230 e. The molecule has 0 radical (unpaired) electrons. The second-order valence-electron chi connectivity index (χ2n) is 5.89. The number of hydrogen-bond acceptors (Lipinski definition) is 6. The largest absolute Gasteiger partial charge is 0.486 e. The molecule has 0 unspecified atom stereocenters. The van der Waals surface area contributed by atoms with Gasteiger partial charge in [-0.1, -0.05) is 23.9 Å². The summed E-state index contributed by atoms with van der Waals surface area (Å²) in [7, 11) is 0. The van der Waals surface area contributed by atoms with Crippen molar-refractivity contribution >= 4 is 17.7 Å². The first-order chi connectivity index (χ1) is 13.2. The summed E-state index contributed by atoms with van der Waals surface area (Å²) in [6.45, 7) is 5.45. The van der Waals surface area contributed by atoms with E-state index in [1.807, 2.05) is 48.7 Å². The van der Waals surface area contributed by atoms with Gasteiger partial charge in [-0.25, -0.2) is 0 Å². The Kier molecular flexibility index (Phi) is 6.54. The van der Waals surface area contributed by atoms with Gasteiger partial charge in [0.25, 0.3) is 0 Å². The first-order valence-corrected chi connectivity index (χ1v) is 9.67. The number of nitrogens with one attached hydrogen (secondary N) is 1. The van der Waals surface area contributed by atoms with Crippen molar-refractivity contribution in [1.29, 1.82) is 0 Å². The molecule has 7 nitrogen and oxygen atoms in total. The number of aromatic nitrogens is 3. The molecular weight excluding hydrogens is 364 g/mol. The quantitative estimate of drug-likeness (QED) is 0.569. The SMILES string of the molecule is CCn1c(COc2cccc(C)c2)nnc1SCC(=O)NCc1ccco1. The Bertz CT molecular complexity index is 877. The van der Waals surface area contributed by atoms with Crippen LogP contribution >= 0.6 is 11.8 Å². The van der Waals surface area contributed by atoms with Crippen LogP contribution in [0.2, 0.25) is 0 Å². The van der Waals surface area contributed by atoms with Gasteiger partial charge in [0, 0.05) is 6.54 Å². The predicted molar refractivity (Wildman–Crippen MR) is 102 cm³/mol. The van der Waals surface area contributed by atoms with E-state index in [1.165, 1.54) is 11.8 Å². The van der Waals surface area contributed by atoms with Crippen LogP contribution in [-0.4, -0.2) is 26.4 Å². The maximum atomic E-state index is 12.0. The summed E-state index contributed by atoms with van der Waals surface area (Å²) in [4.78, 5) is 12.0. The number of ether oxygens (including phenoxy) is 1. The van der Waals surface area contributed by atoms with Crippen molar-refractivity contribution in [3.05, 3.63) is 59.8 Å². The van der Waals surface area contributed by atoms with E-state index < -0.39 is 0 Å². The molecule has 142 valence electrons. The van der Waals surface area contributed by atoms with Gasteiger partial charge in [-0.05, 0) is 43.7 Å². The van der Waals surface area contributed by atoms with Crippen LogP contribution in [0.1, 0.15) is 24.1 Å². The summed E-state index contributed by atoms with van der Waals surface area (Å²) in [6.07, 6.45) is 1.58. The third-order valence-corrected chi connectivity index (χ3v) is 4.81. The Labute approximate surface area is 162 Å². The molecule has 0 saturated carbocycles. The third-order valence-electron chi connectivity index (χ3n) is 3.84. The molecule has 27 heavy (non-hydrogen) atoms. The van der Waals surface area contributed by atoms with Gasteiger partial charge < -0.3 is 19.0 Å². The normalized spacial score (nSPS) is 10.7. The van der Waals surface area contributed by atoms with E-state index in [4.69, 9.17) is 9.15 Å². The fraction of sp³-hybridized carbons (Fsp3) is 0.316. The highest BCUT2D eigenvalue weighted by atomic mass is 32.2. The third kappa shape index (κ3) is 5.37. The Morgan fingerprint density at radius 1 is 1.30 bits per heavy atom. The lowest BCUT2D eigenvalue weighted by molar-refractivity contribution is -0.118. The van der Waals surface area contributed by atoms with Crippen molar-refractivity contribution in [3.8, 4) is 5.75 Å². The smallest absolute Gasteiger partial charge is 0.230 e. The van der Waals surface area contributed by atoms with Crippen LogP contribution in [0.25, 0.3) is 0 Å². The number of rotatable bonds is 9. The van der Waals surface area contributed by atoms with Gasteiger partial charge in [-0.2, -0.15) is 0 Å². The lowest BCUT2D eigenvalue weighted by Gasteiger charge is -2.09. The number of carbonyl (C=O) groups excluding carboxylic acids is 1. The highest BCUT2D eigenvalue weighted by Crippen LogP contribution is 2.19. The molecule has 0 bridgehead atoms. The molecule has 3 rings (SSSR count). The molecule has 2 aromatic heterocycles. The van der Waals surface area contributed by atoms with Crippen molar-refractivity contribution in [2.24, 2.45) is 0 Å². The first kappa shape index (κ1) is 19.0. The molecule has 0 spiro atoms. The maximum absolute atomic E-state index is 12.0. The van der Waals surface area contributed by atoms with E-state index >= 15 is 0 Å². The Morgan fingerprint density at radius 2 is 2.19 bits per heavy atom. The van der Waals surface area contributed by atoms with Crippen LogP contribution in [0.3, 0.4) is 0 Å².